The lowest BCUT2D eigenvalue weighted by Gasteiger charge is -2.35. The lowest BCUT2D eigenvalue weighted by atomic mass is 9.94. The first-order chi connectivity index (χ1) is 9.62. The minimum absolute atomic E-state index is 0.0266. The largest absolute Gasteiger partial charge is 0.342 e. The summed E-state index contributed by atoms with van der Waals surface area (Å²) < 4.78 is 0. The van der Waals surface area contributed by atoms with E-state index in [2.05, 4.69) is 18.9 Å². The van der Waals surface area contributed by atoms with Crippen molar-refractivity contribution in [2.75, 3.05) is 39.8 Å². The van der Waals surface area contributed by atoms with Gasteiger partial charge in [0.15, 0.2) is 0 Å². The van der Waals surface area contributed by atoms with E-state index in [-0.39, 0.29) is 11.8 Å². The van der Waals surface area contributed by atoms with Gasteiger partial charge in [0.05, 0.1) is 5.92 Å². The van der Waals surface area contributed by atoms with Gasteiger partial charge in [0, 0.05) is 26.2 Å². The summed E-state index contributed by atoms with van der Waals surface area (Å²) in [5.74, 6) is 1.05. The van der Waals surface area contributed by atoms with Crippen LogP contribution in [0.3, 0.4) is 0 Å². The Kier molecular flexibility index (Phi) is 8.15. The molecule has 0 saturated carbocycles. The topological polar surface area (TPSA) is 49.6 Å². The van der Waals surface area contributed by atoms with Crippen molar-refractivity contribution < 1.29 is 4.79 Å². The van der Waals surface area contributed by atoms with Gasteiger partial charge in [-0.3, -0.25) is 4.79 Å². The molecule has 1 rings (SSSR count). The second-order valence-electron chi connectivity index (χ2n) is 6.23. The summed E-state index contributed by atoms with van der Waals surface area (Å²) in [7, 11) is 2.22. The Bertz CT molecular complexity index is 271. The van der Waals surface area contributed by atoms with Gasteiger partial charge in [-0.2, -0.15) is 0 Å². The Morgan fingerprint density at radius 3 is 2.50 bits per heavy atom. The van der Waals surface area contributed by atoms with E-state index in [1.807, 2.05) is 11.8 Å². The monoisotopic (exact) mass is 283 g/mol. The van der Waals surface area contributed by atoms with Crippen LogP contribution in [-0.2, 0) is 4.79 Å². The van der Waals surface area contributed by atoms with Gasteiger partial charge in [0.2, 0.25) is 5.91 Å². The highest BCUT2D eigenvalue weighted by Crippen LogP contribution is 2.20. The fourth-order valence-electron chi connectivity index (χ4n) is 3.00. The predicted octanol–water partition coefficient (Wildman–Crippen LogP) is 1.94. The average molecular weight is 283 g/mol. The van der Waals surface area contributed by atoms with Crippen molar-refractivity contribution in [1.29, 1.82) is 0 Å². The van der Waals surface area contributed by atoms with E-state index in [1.54, 1.807) is 0 Å². The smallest absolute Gasteiger partial charge is 0.226 e. The van der Waals surface area contributed by atoms with E-state index in [0.717, 1.165) is 38.3 Å². The van der Waals surface area contributed by atoms with E-state index >= 15 is 0 Å². The Hall–Kier alpha value is -0.610. The first-order valence-electron chi connectivity index (χ1n) is 8.29. The molecule has 1 unspecified atom stereocenters. The third kappa shape index (κ3) is 5.41. The van der Waals surface area contributed by atoms with E-state index in [1.165, 1.54) is 25.9 Å². The van der Waals surface area contributed by atoms with Crippen LogP contribution in [0.25, 0.3) is 0 Å². The van der Waals surface area contributed by atoms with Crippen LogP contribution in [0.4, 0.5) is 0 Å². The second kappa shape index (κ2) is 9.35. The number of nitrogens with zero attached hydrogens (tertiary/aromatic N) is 2. The molecule has 0 bridgehead atoms. The lowest BCUT2D eigenvalue weighted by Crippen LogP contribution is -2.45. The van der Waals surface area contributed by atoms with Gasteiger partial charge in [-0.25, -0.2) is 0 Å². The third-order valence-electron chi connectivity index (χ3n) is 4.52. The maximum Gasteiger partial charge on any atom is 0.226 e. The molecule has 1 atom stereocenters. The standard InChI is InChI=1S/C16H33N3O/c1-4-6-9-18(3)13-14-7-10-19(11-8-14)16(20)15(5-2)12-17/h14-15H,4-13,17H2,1-3H3. The number of amides is 1. The third-order valence-corrected chi connectivity index (χ3v) is 4.52. The van der Waals surface area contributed by atoms with E-state index in [0.29, 0.717) is 6.54 Å². The first kappa shape index (κ1) is 17.4. The Balaban J connectivity index is 2.30. The number of hydrogen-bond donors (Lipinski definition) is 1. The highest BCUT2D eigenvalue weighted by molar-refractivity contribution is 5.79. The molecule has 1 heterocycles. The zero-order chi connectivity index (χ0) is 15.0. The van der Waals surface area contributed by atoms with Crippen molar-refractivity contribution in [1.82, 2.24) is 9.80 Å². The summed E-state index contributed by atoms with van der Waals surface area (Å²) in [6, 6.07) is 0. The molecule has 2 N–H and O–H groups in total. The van der Waals surface area contributed by atoms with Crippen molar-refractivity contribution in [2.24, 2.45) is 17.6 Å². The highest BCUT2D eigenvalue weighted by atomic mass is 16.2. The number of nitrogens with two attached hydrogens (primary N) is 1. The van der Waals surface area contributed by atoms with Gasteiger partial charge < -0.3 is 15.5 Å². The molecule has 118 valence electrons. The first-order valence-corrected chi connectivity index (χ1v) is 8.29. The fourth-order valence-corrected chi connectivity index (χ4v) is 3.00. The van der Waals surface area contributed by atoms with Crippen LogP contribution in [0.15, 0.2) is 0 Å². The highest BCUT2D eigenvalue weighted by Gasteiger charge is 2.26. The van der Waals surface area contributed by atoms with Crippen LogP contribution in [0.5, 0.6) is 0 Å². The summed E-state index contributed by atoms with van der Waals surface area (Å²) in [6.45, 7) is 8.97. The number of piperidine rings is 1. The molecule has 0 radical (unpaired) electrons. The molecule has 4 nitrogen and oxygen atoms in total. The van der Waals surface area contributed by atoms with Gasteiger partial charge in [-0.05, 0) is 45.2 Å². The SMILES string of the molecule is CCCCN(C)CC1CCN(C(=O)C(CC)CN)CC1. The molecule has 20 heavy (non-hydrogen) atoms. The molecule has 1 amide bonds. The Labute approximate surface area is 124 Å². The van der Waals surface area contributed by atoms with Crippen LogP contribution >= 0.6 is 0 Å². The van der Waals surface area contributed by atoms with E-state index in [9.17, 15) is 4.79 Å². The number of rotatable bonds is 8. The molecule has 0 aromatic heterocycles. The number of hydrogen-bond acceptors (Lipinski definition) is 3. The predicted molar refractivity (Wildman–Crippen MR) is 84.5 cm³/mol. The summed E-state index contributed by atoms with van der Waals surface area (Å²) >= 11 is 0. The average Bonchev–Trinajstić information content (AvgIpc) is 2.47. The molecule has 0 aromatic rings. The second-order valence-corrected chi connectivity index (χ2v) is 6.23. The Morgan fingerprint density at radius 1 is 1.35 bits per heavy atom. The van der Waals surface area contributed by atoms with Crippen molar-refractivity contribution >= 4 is 5.91 Å². The molecule has 1 fully saturated rings. The molecular formula is C16H33N3O. The molecular weight excluding hydrogens is 250 g/mol. The zero-order valence-corrected chi connectivity index (χ0v) is 13.6. The molecule has 1 aliphatic rings. The van der Waals surface area contributed by atoms with Gasteiger partial charge >= 0.3 is 0 Å². The van der Waals surface area contributed by atoms with Gasteiger partial charge in [0.25, 0.3) is 0 Å². The molecule has 4 heteroatoms. The summed E-state index contributed by atoms with van der Waals surface area (Å²) in [4.78, 5) is 16.7. The van der Waals surface area contributed by atoms with Crippen LogP contribution in [0, 0.1) is 11.8 Å². The van der Waals surface area contributed by atoms with Gasteiger partial charge in [-0.15, -0.1) is 0 Å². The van der Waals surface area contributed by atoms with Crippen molar-refractivity contribution in [2.45, 2.75) is 46.0 Å². The number of carbonyl (C=O) groups is 1. The minimum Gasteiger partial charge on any atom is -0.342 e. The molecule has 1 aliphatic heterocycles. The molecule has 0 aromatic carbocycles. The maximum atomic E-state index is 12.3. The number of likely N-dealkylation sites (tertiary alicyclic amines) is 1. The lowest BCUT2D eigenvalue weighted by molar-refractivity contribution is -0.136. The van der Waals surface area contributed by atoms with Gasteiger partial charge in [-0.1, -0.05) is 20.3 Å². The quantitative estimate of drug-likeness (QED) is 0.740. The Morgan fingerprint density at radius 2 is 2.00 bits per heavy atom. The van der Waals surface area contributed by atoms with Crippen molar-refractivity contribution in [3.05, 3.63) is 0 Å². The van der Waals surface area contributed by atoms with Crippen molar-refractivity contribution in [3.8, 4) is 0 Å². The van der Waals surface area contributed by atoms with Crippen LogP contribution in [0.2, 0.25) is 0 Å². The van der Waals surface area contributed by atoms with Crippen LogP contribution in [-0.4, -0.2) is 55.5 Å². The minimum atomic E-state index is 0.0266. The molecule has 0 aliphatic carbocycles. The normalized spacial score (nSPS) is 18.6. The number of unbranched alkanes of at least 4 members (excludes halogenated alkanes) is 1. The summed E-state index contributed by atoms with van der Waals surface area (Å²) in [5.41, 5.74) is 5.68. The fraction of sp³-hybridized carbons (Fsp3) is 0.938. The van der Waals surface area contributed by atoms with E-state index in [4.69, 9.17) is 5.73 Å². The summed E-state index contributed by atoms with van der Waals surface area (Å²) in [5, 5.41) is 0. The number of carbonyl (C=O) groups excluding carboxylic acids is 1. The van der Waals surface area contributed by atoms with Crippen LogP contribution < -0.4 is 5.73 Å². The zero-order valence-electron chi connectivity index (χ0n) is 13.6. The molecule has 1 saturated heterocycles. The molecule has 0 spiro atoms. The summed E-state index contributed by atoms with van der Waals surface area (Å²) in [6.07, 6.45) is 5.68. The van der Waals surface area contributed by atoms with Crippen molar-refractivity contribution in [3.63, 3.8) is 0 Å². The van der Waals surface area contributed by atoms with Gasteiger partial charge in [0.1, 0.15) is 0 Å². The van der Waals surface area contributed by atoms with E-state index < -0.39 is 0 Å². The maximum absolute atomic E-state index is 12.3. The van der Waals surface area contributed by atoms with Crippen LogP contribution in [0.1, 0.15) is 46.0 Å².